The minimum atomic E-state index is 1.09. The van der Waals surface area contributed by atoms with Crippen LogP contribution in [0.2, 0.25) is 0 Å². The molecule has 10 aromatic carbocycles. The van der Waals surface area contributed by atoms with E-state index in [1.54, 1.807) is 0 Å². The summed E-state index contributed by atoms with van der Waals surface area (Å²) in [6.45, 7) is 0. The molecule has 1 aromatic heterocycles. The third-order valence-electron chi connectivity index (χ3n) is 11.5. The second-order valence-corrected chi connectivity index (χ2v) is 15.9. The molecule has 272 valence electrons. The number of hydrogen-bond acceptors (Lipinski definition) is 2. The maximum Gasteiger partial charge on any atom is 0.0546 e. The summed E-state index contributed by atoms with van der Waals surface area (Å²) in [5.74, 6) is 0. The van der Waals surface area contributed by atoms with Gasteiger partial charge in [-0.05, 0) is 96.9 Å². The third kappa shape index (κ3) is 5.86. The summed E-state index contributed by atoms with van der Waals surface area (Å²) >= 11 is 1.88. The minimum Gasteiger partial charge on any atom is -0.310 e. The average molecular weight is 756 g/mol. The van der Waals surface area contributed by atoms with Gasteiger partial charge in [0.25, 0.3) is 0 Å². The molecule has 1 heterocycles. The van der Waals surface area contributed by atoms with Gasteiger partial charge in [0.1, 0.15) is 0 Å². The van der Waals surface area contributed by atoms with Crippen molar-refractivity contribution in [3.05, 3.63) is 224 Å². The number of rotatable bonds is 7. The first-order valence-corrected chi connectivity index (χ1v) is 20.7. The van der Waals surface area contributed by atoms with Crippen LogP contribution in [0.1, 0.15) is 0 Å². The van der Waals surface area contributed by atoms with E-state index >= 15 is 0 Å². The van der Waals surface area contributed by atoms with Crippen LogP contribution in [-0.4, -0.2) is 0 Å². The van der Waals surface area contributed by atoms with Crippen LogP contribution in [0.15, 0.2) is 224 Å². The summed E-state index contributed by atoms with van der Waals surface area (Å²) in [6.07, 6.45) is 0. The number of fused-ring (bicyclic) bond motifs is 5. The molecule has 0 radical (unpaired) electrons. The Morgan fingerprint density at radius 1 is 0.293 bits per heavy atom. The molecule has 0 spiro atoms. The number of anilines is 3. The molecule has 11 rings (SSSR count). The van der Waals surface area contributed by atoms with Gasteiger partial charge in [0.15, 0.2) is 0 Å². The first-order chi connectivity index (χ1) is 28.8. The molecule has 0 saturated heterocycles. The molecule has 0 unspecified atom stereocenters. The van der Waals surface area contributed by atoms with Gasteiger partial charge in [-0.2, -0.15) is 0 Å². The molecular formula is C56H37NS. The number of benzene rings is 10. The van der Waals surface area contributed by atoms with Crippen molar-refractivity contribution < 1.29 is 0 Å². The molecule has 0 amide bonds. The number of hydrogen-bond donors (Lipinski definition) is 0. The Morgan fingerprint density at radius 2 is 0.776 bits per heavy atom. The summed E-state index contributed by atoms with van der Waals surface area (Å²) in [4.78, 5) is 2.45. The Kier molecular flexibility index (Phi) is 8.42. The van der Waals surface area contributed by atoms with Crippen molar-refractivity contribution in [2.75, 3.05) is 4.90 Å². The first-order valence-electron chi connectivity index (χ1n) is 19.8. The van der Waals surface area contributed by atoms with E-state index in [1.165, 1.54) is 86.2 Å². The summed E-state index contributed by atoms with van der Waals surface area (Å²) in [7, 11) is 0. The number of thiophene rings is 1. The summed E-state index contributed by atoms with van der Waals surface area (Å²) in [5, 5.41) is 7.54. The Bertz CT molecular complexity index is 3260. The van der Waals surface area contributed by atoms with Crippen molar-refractivity contribution in [3.8, 4) is 44.5 Å². The topological polar surface area (TPSA) is 3.24 Å². The van der Waals surface area contributed by atoms with Crippen molar-refractivity contribution in [1.82, 2.24) is 0 Å². The molecule has 0 fully saturated rings. The highest BCUT2D eigenvalue weighted by molar-refractivity contribution is 7.26. The van der Waals surface area contributed by atoms with Gasteiger partial charge < -0.3 is 4.90 Å². The smallest absolute Gasteiger partial charge is 0.0546 e. The fraction of sp³-hybridized carbons (Fsp3) is 0. The molecule has 0 aliphatic heterocycles. The molecule has 0 aliphatic rings. The Labute approximate surface area is 342 Å². The summed E-state index contributed by atoms with van der Waals surface area (Å²) in [5.41, 5.74) is 13.0. The van der Waals surface area contributed by atoms with Gasteiger partial charge >= 0.3 is 0 Å². The molecular weight excluding hydrogens is 719 g/mol. The van der Waals surface area contributed by atoms with E-state index in [4.69, 9.17) is 0 Å². The van der Waals surface area contributed by atoms with E-state index in [2.05, 4.69) is 229 Å². The summed E-state index contributed by atoms with van der Waals surface area (Å²) in [6, 6.07) is 82.0. The Morgan fingerprint density at radius 3 is 1.50 bits per heavy atom. The van der Waals surface area contributed by atoms with Crippen molar-refractivity contribution in [1.29, 1.82) is 0 Å². The van der Waals surface area contributed by atoms with Crippen molar-refractivity contribution in [2.24, 2.45) is 0 Å². The van der Waals surface area contributed by atoms with Gasteiger partial charge in [0.05, 0.1) is 5.69 Å². The van der Waals surface area contributed by atoms with Crippen LogP contribution in [0.4, 0.5) is 17.1 Å². The molecule has 0 N–H and O–H groups in total. The molecule has 2 heteroatoms. The van der Waals surface area contributed by atoms with Crippen LogP contribution in [0.25, 0.3) is 86.2 Å². The monoisotopic (exact) mass is 755 g/mol. The second kappa shape index (κ2) is 14.4. The van der Waals surface area contributed by atoms with Gasteiger partial charge in [-0.15, -0.1) is 11.3 Å². The SMILES string of the molecule is c1ccc(-c2ccc(N(c3ccc(-c4cccc5c4sc4ccccc45)cc3)c3cccc(-c4cccc5ccccc45)c3-c3cccc4ccccc34)cc2)cc1. The molecule has 0 atom stereocenters. The van der Waals surface area contributed by atoms with Gasteiger partial charge in [-0.25, -0.2) is 0 Å². The maximum atomic E-state index is 2.45. The molecule has 58 heavy (non-hydrogen) atoms. The van der Waals surface area contributed by atoms with Crippen LogP contribution >= 0.6 is 11.3 Å². The van der Waals surface area contributed by atoms with Gasteiger partial charge in [0.2, 0.25) is 0 Å². The van der Waals surface area contributed by atoms with Crippen molar-refractivity contribution in [3.63, 3.8) is 0 Å². The fourth-order valence-corrected chi connectivity index (χ4v) is 10.0. The highest BCUT2D eigenvalue weighted by atomic mass is 32.1. The quantitative estimate of drug-likeness (QED) is 0.157. The highest BCUT2D eigenvalue weighted by Crippen LogP contribution is 2.49. The molecule has 11 aromatic rings. The minimum absolute atomic E-state index is 1.09. The van der Waals surface area contributed by atoms with Crippen LogP contribution in [0, 0.1) is 0 Å². The van der Waals surface area contributed by atoms with E-state index in [9.17, 15) is 0 Å². The largest absolute Gasteiger partial charge is 0.310 e. The van der Waals surface area contributed by atoms with Crippen LogP contribution in [0.5, 0.6) is 0 Å². The van der Waals surface area contributed by atoms with Crippen LogP contribution < -0.4 is 4.90 Å². The van der Waals surface area contributed by atoms with E-state index in [0.29, 0.717) is 0 Å². The van der Waals surface area contributed by atoms with E-state index in [-0.39, 0.29) is 0 Å². The van der Waals surface area contributed by atoms with Crippen LogP contribution in [-0.2, 0) is 0 Å². The fourth-order valence-electron chi connectivity index (χ4n) is 8.76. The predicted molar refractivity (Wildman–Crippen MR) is 251 cm³/mol. The normalized spacial score (nSPS) is 11.4. The molecule has 0 bridgehead atoms. The Hall–Kier alpha value is -7.26. The maximum absolute atomic E-state index is 2.45. The predicted octanol–water partition coefficient (Wildman–Crippen LogP) is 16.5. The lowest BCUT2D eigenvalue weighted by Crippen LogP contribution is -2.12. The van der Waals surface area contributed by atoms with E-state index in [0.717, 1.165) is 17.1 Å². The van der Waals surface area contributed by atoms with Gasteiger partial charge in [0, 0.05) is 37.1 Å². The van der Waals surface area contributed by atoms with Crippen molar-refractivity contribution >= 4 is 70.1 Å². The second-order valence-electron chi connectivity index (χ2n) is 14.8. The zero-order valence-electron chi connectivity index (χ0n) is 31.7. The van der Waals surface area contributed by atoms with E-state index in [1.807, 2.05) is 11.3 Å². The summed E-state index contributed by atoms with van der Waals surface area (Å²) < 4.78 is 2.64. The molecule has 0 aliphatic carbocycles. The molecule has 0 saturated carbocycles. The lowest BCUT2D eigenvalue weighted by Gasteiger charge is -2.30. The zero-order valence-corrected chi connectivity index (χ0v) is 32.5. The lowest BCUT2D eigenvalue weighted by molar-refractivity contribution is 1.28. The zero-order chi connectivity index (χ0) is 38.4. The number of nitrogens with zero attached hydrogens (tertiary/aromatic N) is 1. The van der Waals surface area contributed by atoms with Gasteiger partial charge in [-0.1, -0.05) is 188 Å². The third-order valence-corrected chi connectivity index (χ3v) is 12.7. The average Bonchev–Trinajstić information content (AvgIpc) is 3.69. The Balaban J connectivity index is 1.15. The lowest BCUT2D eigenvalue weighted by atomic mass is 9.87. The van der Waals surface area contributed by atoms with E-state index < -0.39 is 0 Å². The van der Waals surface area contributed by atoms with Crippen molar-refractivity contribution in [2.45, 2.75) is 0 Å². The van der Waals surface area contributed by atoms with Crippen LogP contribution in [0.3, 0.4) is 0 Å². The molecule has 1 nitrogen and oxygen atoms in total. The standard InChI is InChI=1S/C56H37NS/c1-2-14-38(15-3-1)39-30-34-43(35-31-39)57(44-36-32-42(33-37-44)47-23-12-27-52-49-22-8-9-29-54(49)58-56(47)52)53-28-13-26-51(48-24-10-18-40-16-4-6-20-45(40)48)55(53)50-25-11-19-41-17-5-7-21-46(41)50/h1-37H. The highest BCUT2D eigenvalue weighted by Gasteiger charge is 2.23. The van der Waals surface area contributed by atoms with Gasteiger partial charge in [-0.3, -0.25) is 0 Å². The first kappa shape index (κ1) is 34.0.